The topological polar surface area (TPSA) is 74.2 Å². The molecule has 0 aromatic carbocycles. The van der Waals surface area contributed by atoms with Gasteiger partial charge in [-0.15, -0.1) is 13.2 Å². The number of nitrogens with two attached hydrogens (primary N) is 2. The standard InChI is InChI=1S/C7H7ClF3N3O/c8-3-1-4(13)6(14-5(3)2-12)15-7(9,10)11/h1H,2,12-13H2. The number of nitrogen functional groups attached to an aromatic ring is 1. The first-order valence-electron chi connectivity index (χ1n) is 3.74. The molecule has 0 saturated carbocycles. The first-order valence-corrected chi connectivity index (χ1v) is 4.12. The molecule has 1 heterocycles. The van der Waals surface area contributed by atoms with Crippen LogP contribution in [-0.4, -0.2) is 11.3 Å². The highest BCUT2D eigenvalue weighted by atomic mass is 35.5. The lowest BCUT2D eigenvalue weighted by Crippen LogP contribution is -2.19. The van der Waals surface area contributed by atoms with Crippen molar-refractivity contribution in [1.82, 2.24) is 4.98 Å². The molecule has 0 saturated heterocycles. The second-order valence-corrected chi connectivity index (χ2v) is 2.97. The van der Waals surface area contributed by atoms with Crippen molar-refractivity contribution >= 4 is 17.3 Å². The zero-order valence-corrected chi connectivity index (χ0v) is 8.06. The molecule has 0 radical (unpaired) electrons. The first-order chi connectivity index (χ1) is 6.83. The van der Waals surface area contributed by atoms with Crippen LogP contribution in [0.2, 0.25) is 5.02 Å². The van der Waals surface area contributed by atoms with Crippen LogP contribution in [-0.2, 0) is 6.54 Å². The predicted molar refractivity (Wildman–Crippen MR) is 48.2 cm³/mol. The molecule has 0 spiro atoms. The highest BCUT2D eigenvalue weighted by Gasteiger charge is 2.33. The predicted octanol–water partition coefficient (Wildman–Crippen LogP) is 1.67. The molecular formula is C7H7ClF3N3O. The fourth-order valence-electron chi connectivity index (χ4n) is 0.857. The number of anilines is 1. The molecule has 1 aromatic heterocycles. The third-order valence-electron chi connectivity index (χ3n) is 1.45. The van der Waals surface area contributed by atoms with Crippen molar-refractivity contribution < 1.29 is 17.9 Å². The van der Waals surface area contributed by atoms with E-state index >= 15 is 0 Å². The van der Waals surface area contributed by atoms with Gasteiger partial charge in [0.1, 0.15) is 0 Å². The van der Waals surface area contributed by atoms with Gasteiger partial charge in [-0.2, -0.15) is 0 Å². The molecule has 0 aliphatic rings. The SMILES string of the molecule is NCc1nc(OC(F)(F)F)c(N)cc1Cl. The maximum Gasteiger partial charge on any atom is 0.574 e. The number of nitrogens with zero attached hydrogens (tertiary/aromatic N) is 1. The van der Waals surface area contributed by atoms with E-state index in [0.717, 1.165) is 6.07 Å². The minimum atomic E-state index is -4.85. The largest absolute Gasteiger partial charge is 0.574 e. The van der Waals surface area contributed by atoms with Gasteiger partial charge < -0.3 is 16.2 Å². The van der Waals surface area contributed by atoms with E-state index in [1.807, 2.05) is 0 Å². The number of pyridine rings is 1. The zero-order valence-electron chi connectivity index (χ0n) is 7.31. The lowest BCUT2D eigenvalue weighted by Gasteiger charge is -2.11. The van der Waals surface area contributed by atoms with Crippen molar-refractivity contribution in [2.75, 3.05) is 5.73 Å². The van der Waals surface area contributed by atoms with Gasteiger partial charge in [0.2, 0.25) is 5.88 Å². The van der Waals surface area contributed by atoms with E-state index in [4.69, 9.17) is 23.1 Å². The summed E-state index contributed by atoms with van der Waals surface area (Å²) in [6, 6.07) is 1.11. The van der Waals surface area contributed by atoms with Crippen LogP contribution in [0.15, 0.2) is 6.07 Å². The number of hydrogen-bond acceptors (Lipinski definition) is 4. The number of hydrogen-bond donors (Lipinski definition) is 2. The van der Waals surface area contributed by atoms with E-state index in [1.54, 1.807) is 0 Å². The normalized spacial score (nSPS) is 11.5. The van der Waals surface area contributed by atoms with Gasteiger partial charge in [0.15, 0.2) is 0 Å². The van der Waals surface area contributed by atoms with Gasteiger partial charge in [-0.3, -0.25) is 0 Å². The first kappa shape index (κ1) is 11.9. The highest BCUT2D eigenvalue weighted by Crippen LogP contribution is 2.29. The molecule has 0 fully saturated rings. The summed E-state index contributed by atoms with van der Waals surface area (Å²) in [6.45, 7) is -0.104. The van der Waals surface area contributed by atoms with Crippen molar-refractivity contribution in [3.63, 3.8) is 0 Å². The summed E-state index contributed by atoms with van der Waals surface area (Å²) in [4.78, 5) is 3.45. The lowest BCUT2D eigenvalue weighted by molar-refractivity contribution is -0.275. The van der Waals surface area contributed by atoms with Crippen LogP contribution in [0.25, 0.3) is 0 Å². The lowest BCUT2D eigenvalue weighted by atomic mass is 10.3. The molecule has 1 rings (SSSR count). The Morgan fingerprint density at radius 2 is 2.07 bits per heavy atom. The van der Waals surface area contributed by atoms with Crippen LogP contribution in [0.5, 0.6) is 5.88 Å². The van der Waals surface area contributed by atoms with Crippen molar-refractivity contribution in [3.8, 4) is 5.88 Å². The maximum absolute atomic E-state index is 11.9. The average molecular weight is 242 g/mol. The summed E-state index contributed by atoms with van der Waals surface area (Å²) in [5, 5.41) is 0.101. The summed E-state index contributed by atoms with van der Waals surface area (Å²) in [5.41, 5.74) is 10.2. The second-order valence-electron chi connectivity index (χ2n) is 2.56. The van der Waals surface area contributed by atoms with E-state index in [9.17, 15) is 13.2 Å². The van der Waals surface area contributed by atoms with Gasteiger partial charge in [0.25, 0.3) is 0 Å². The Morgan fingerprint density at radius 3 is 2.53 bits per heavy atom. The monoisotopic (exact) mass is 241 g/mol. The zero-order chi connectivity index (χ0) is 11.6. The fraction of sp³-hybridized carbons (Fsp3) is 0.286. The smallest absolute Gasteiger partial charge is 0.394 e. The Hall–Kier alpha value is -1.21. The van der Waals surface area contributed by atoms with Crippen molar-refractivity contribution in [3.05, 3.63) is 16.8 Å². The molecule has 4 nitrogen and oxygen atoms in total. The van der Waals surface area contributed by atoms with Gasteiger partial charge in [-0.25, -0.2) is 4.98 Å². The Morgan fingerprint density at radius 1 is 1.47 bits per heavy atom. The summed E-state index contributed by atoms with van der Waals surface area (Å²) in [6.07, 6.45) is -4.85. The molecular weight excluding hydrogens is 235 g/mol. The molecule has 0 unspecified atom stereocenters. The third-order valence-corrected chi connectivity index (χ3v) is 1.77. The average Bonchev–Trinajstić information content (AvgIpc) is 2.07. The van der Waals surface area contributed by atoms with Crippen molar-refractivity contribution in [1.29, 1.82) is 0 Å². The molecule has 0 aliphatic carbocycles. The van der Waals surface area contributed by atoms with E-state index in [-0.39, 0.29) is 22.9 Å². The Labute approximate surface area is 88.0 Å². The van der Waals surface area contributed by atoms with Gasteiger partial charge >= 0.3 is 6.36 Å². The minimum Gasteiger partial charge on any atom is -0.394 e. The molecule has 0 bridgehead atoms. The van der Waals surface area contributed by atoms with Crippen molar-refractivity contribution in [2.45, 2.75) is 12.9 Å². The van der Waals surface area contributed by atoms with Crippen LogP contribution in [0.4, 0.5) is 18.9 Å². The third kappa shape index (κ3) is 3.14. The van der Waals surface area contributed by atoms with Crippen LogP contribution in [0.1, 0.15) is 5.69 Å². The van der Waals surface area contributed by atoms with Crippen LogP contribution in [0.3, 0.4) is 0 Å². The van der Waals surface area contributed by atoms with Gasteiger partial charge in [0.05, 0.1) is 16.4 Å². The van der Waals surface area contributed by atoms with Crippen LogP contribution >= 0.6 is 11.6 Å². The summed E-state index contributed by atoms with van der Waals surface area (Å²) in [7, 11) is 0. The summed E-state index contributed by atoms with van der Waals surface area (Å²) < 4.78 is 39.2. The molecule has 84 valence electrons. The van der Waals surface area contributed by atoms with Gasteiger partial charge in [-0.1, -0.05) is 11.6 Å². The van der Waals surface area contributed by atoms with E-state index in [1.165, 1.54) is 0 Å². The number of halogens is 4. The van der Waals surface area contributed by atoms with Crippen LogP contribution < -0.4 is 16.2 Å². The number of alkyl halides is 3. The molecule has 0 amide bonds. The van der Waals surface area contributed by atoms with Crippen LogP contribution in [0, 0.1) is 0 Å². The summed E-state index contributed by atoms with van der Waals surface area (Å²) >= 11 is 5.61. The van der Waals surface area contributed by atoms with E-state index < -0.39 is 12.2 Å². The van der Waals surface area contributed by atoms with Gasteiger partial charge in [-0.05, 0) is 6.07 Å². The molecule has 0 atom stereocenters. The molecule has 0 aliphatic heterocycles. The number of aromatic nitrogens is 1. The Balaban J connectivity index is 3.08. The van der Waals surface area contributed by atoms with E-state index in [0.29, 0.717) is 0 Å². The second kappa shape index (κ2) is 4.11. The molecule has 15 heavy (non-hydrogen) atoms. The van der Waals surface area contributed by atoms with Gasteiger partial charge in [0, 0.05) is 6.54 Å². The quantitative estimate of drug-likeness (QED) is 0.826. The summed E-state index contributed by atoms with van der Waals surface area (Å²) in [5.74, 6) is -0.743. The Kier molecular flexibility index (Phi) is 3.25. The Bertz CT molecular complexity index is 369. The number of ether oxygens (including phenoxy) is 1. The molecule has 1 aromatic rings. The van der Waals surface area contributed by atoms with E-state index in [2.05, 4.69) is 9.72 Å². The molecule has 4 N–H and O–H groups in total. The molecule has 8 heteroatoms. The maximum atomic E-state index is 11.9. The number of rotatable bonds is 2. The fourth-order valence-corrected chi connectivity index (χ4v) is 1.09. The highest BCUT2D eigenvalue weighted by molar-refractivity contribution is 6.31. The van der Waals surface area contributed by atoms with Crippen molar-refractivity contribution in [2.24, 2.45) is 5.73 Å². The minimum absolute atomic E-state index is 0.0881.